The van der Waals surface area contributed by atoms with Gasteiger partial charge in [-0.25, -0.2) is 13.2 Å². The van der Waals surface area contributed by atoms with Gasteiger partial charge < -0.3 is 18.8 Å². The van der Waals surface area contributed by atoms with Crippen LogP contribution in [0.5, 0.6) is 0 Å². The van der Waals surface area contributed by atoms with Gasteiger partial charge in [0.15, 0.2) is 17.3 Å². The van der Waals surface area contributed by atoms with Crippen LogP contribution in [-0.4, -0.2) is 22.1 Å². The first kappa shape index (κ1) is 16.6. The maximum absolute atomic E-state index is 13.6. The lowest BCUT2D eigenvalue weighted by molar-refractivity contribution is 0.101. The van der Waals surface area contributed by atoms with E-state index in [1.165, 1.54) is 12.3 Å². The van der Waals surface area contributed by atoms with Gasteiger partial charge in [0.2, 0.25) is 5.76 Å². The molecule has 1 amide bonds. The first-order valence-electron chi connectivity index (χ1n) is 6.94. The number of alkyl halides is 2. The molecular weight excluding hydrogens is 343 g/mol. The van der Waals surface area contributed by atoms with Crippen molar-refractivity contribution in [2.24, 2.45) is 0 Å². The molecule has 0 aliphatic heterocycles. The molecule has 0 aliphatic rings. The van der Waals surface area contributed by atoms with Gasteiger partial charge in [-0.1, -0.05) is 5.16 Å². The molecule has 3 aromatic heterocycles. The molecule has 0 fully saturated rings. The highest BCUT2D eigenvalue weighted by atomic mass is 19.3. The molecule has 0 unspecified atom stereocenters. The zero-order valence-electron chi connectivity index (χ0n) is 12.4. The largest absolute Gasteiger partial charge is 0.461 e. The Hall–Kier alpha value is -3.30. The molecule has 7 nitrogen and oxygen atoms in total. The van der Waals surface area contributed by atoms with Crippen LogP contribution in [0.2, 0.25) is 0 Å². The second-order valence-corrected chi connectivity index (χ2v) is 4.93. The Morgan fingerprint density at radius 3 is 2.80 bits per heavy atom. The summed E-state index contributed by atoms with van der Waals surface area (Å²) in [7, 11) is 0. The highest BCUT2D eigenvalue weighted by Crippen LogP contribution is 2.21. The standard InChI is InChI=1S/C15H10F3N3O4/c16-9-4-8(6-21(15(9)23)7-13(17)18)19-14(22)10-5-12(25-20-10)11-2-1-3-24-11/h1-6,13H,7H2,(H,19,22). The molecule has 3 heterocycles. The highest BCUT2D eigenvalue weighted by Gasteiger charge is 2.17. The van der Waals surface area contributed by atoms with Crippen LogP contribution in [0.1, 0.15) is 10.5 Å². The van der Waals surface area contributed by atoms with Crippen molar-refractivity contribution in [3.05, 3.63) is 58.6 Å². The predicted molar refractivity (Wildman–Crippen MR) is 78.8 cm³/mol. The number of nitrogens with zero attached hydrogens (tertiary/aromatic N) is 2. The summed E-state index contributed by atoms with van der Waals surface area (Å²) in [6, 6.07) is 5.24. The number of anilines is 1. The number of nitrogens with one attached hydrogen (secondary N) is 1. The zero-order valence-corrected chi connectivity index (χ0v) is 12.4. The van der Waals surface area contributed by atoms with Gasteiger partial charge in [0, 0.05) is 18.3 Å². The van der Waals surface area contributed by atoms with E-state index in [-0.39, 0.29) is 17.1 Å². The van der Waals surface area contributed by atoms with E-state index in [9.17, 15) is 22.8 Å². The van der Waals surface area contributed by atoms with Gasteiger partial charge in [0.1, 0.15) is 0 Å². The van der Waals surface area contributed by atoms with Gasteiger partial charge in [-0.15, -0.1) is 0 Å². The summed E-state index contributed by atoms with van der Waals surface area (Å²) in [5.41, 5.74) is -1.52. The molecule has 130 valence electrons. The van der Waals surface area contributed by atoms with E-state index in [1.54, 1.807) is 12.1 Å². The van der Waals surface area contributed by atoms with E-state index in [1.807, 2.05) is 0 Å². The Bertz CT molecular complexity index is 947. The van der Waals surface area contributed by atoms with Crippen LogP contribution < -0.4 is 10.9 Å². The van der Waals surface area contributed by atoms with Crippen LogP contribution in [0.25, 0.3) is 11.5 Å². The average molecular weight is 353 g/mol. The number of rotatable bonds is 5. The van der Waals surface area contributed by atoms with Crippen molar-refractivity contribution >= 4 is 11.6 Å². The van der Waals surface area contributed by atoms with E-state index in [4.69, 9.17) is 8.94 Å². The van der Waals surface area contributed by atoms with E-state index in [0.29, 0.717) is 10.3 Å². The Balaban J connectivity index is 1.81. The monoisotopic (exact) mass is 353 g/mol. The summed E-state index contributed by atoms with van der Waals surface area (Å²) in [5, 5.41) is 5.81. The summed E-state index contributed by atoms with van der Waals surface area (Å²) in [4.78, 5) is 23.6. The lowest BCUT2D eigenvalue weighted by atomic mass is 10.3. The smallest absolute Gasteiger partial charge is 0.286 e. The third kappa shape index (κ3) is 3.62. The van der Waals surface area contributed by atoms with E-state index < -0.39 is 30.3 Å². The summed E-state index contributed by atoms with van der Waals surface area (Å²) in [6.45, 7) is -0.994. The molecule has 0 aliphatic carbocycles. The number of halogens is 3. The molecule has 0 aromatic carbocycles. The number of amides is 1. The molecule has 1 N–H and O–H groups in total. The normalized spacial score (nSPS) is 11.0. The molecular formula is C15H10F3N3O4. The van der Waals surface area contributed by atoms with Crippen LogP contribution in [0, 0.1) is 5.82 Å². The van der Waals surface area contributed by atoms with Gasteiger partial charge in [-0.05, 0) is 12.1 Å². The lowest BCUT2D eigenvalue weighted by Gasteiger charge is -2.09. The van der Waals surface area contributed by atoms with Crippen LogP contribution in [0.4, 0.5) is 18.9 Å². The first-order valence-corrected chi connectivity index (χ1v) is 6.94. The van der Waals surface area contributed by atoms with E-state index in [2.05, 4.69) is 10.5 Å². The molecule has 10 heteroatoms. The minimum Gasteiger partial charge on any atom is -0.461 e. The summed E-state index contributed by atoms with van der Waals surface area (Å²) in [6.07, 6.45) is -0.523. The molecule has 3 rings (SSSR count). The Kier molecular flexibility index (Phi) is 4.42. The molecule has 0 radical (unpaired) electrons. The molecule has 0 atom stereocenters. The molecule has 0 saturated carbocycles. The third-order valence-corrected chi connectivity index (χ3v) is 3.14. The van der Waals surface area contributed by atoms with Crippen molar-refractivity contribution in [2.45, 2.75) is 13.0 Å². The maximum Gasteiger partial charge on any atom is 0.286 e. The van der Waals surface area contributed by atoms with Crippen molar-refractivity contribution < 1.29 is 26.9 Å². The first-order chi connectivity index (χ1) is 11.9. The van der Waals surface area contributed by atoms with Gasteiger partial charge >= 0.3 is 0 Å². The Labute approximate surface area is 137 Å². The topological polar surface area (TPSA) is 90.3 Å². The van der Waals surface area contributed by atoms with Crippen molar-refractivity contribution in [3.8, 4) is 11.5 Å². The van der Waals surface area contributed by atoms with Gasteiger partial charge in [0.25, 0.3) is 17.9 Å². The second-order valence-electron chi connectivity index (χ2n) is 4.93. The summed E-state index contributed by atoms with van der Waals surface area (Å²) >= 11 is 0. The number of furan rings is 1. The van der Waals surface area contributed by atoms with Crippen LogP contribution >= 0.6 is 0 Å². The minimum absolute atomic E-state index is 0.140. The summed E-state index contributed by atoms with van der Waals surface area (Å²) in [5.74, 6) is -1.50. The van der Waals surface area contributed by atoms with Gasteiger partial charge in [-0.2, -0.15) is 0 Å². The number of hydrogen-bond donors (Lipinski definition) is 1. The number of aromatic nitrogens is 2. The zero-order chi connectivity index (χ0) is 18.0. The van der Waals surface area contributed by atoms with Crippen molar-refractivity contribution in [3.63, 3.8) is 0 Å². The van der Waals surface area contributed by atoms with Crippen LogP contribution in [-0.2, 0) is 6.54 Å². The number of pyridine rings is 1. The maximum atomic E-state index is 13.6. The lowest BCUT2D eigenvalue weighted by Crippen LogP contribution is -2.26. The molecule has 0 saturated heterocycles. The van der Waals surface area contributed by atoms with E-state index in [0.717, 1.165) is 12.3 Å². The third-order valence-electron chi connectivity index (χ3n) is 3.14. The number of hydrogen-bond acceptors (Lipinski definition) is 5. The van der Waals surface area contributed by atoms with Crippen molar-refractivity contribution in [1.29, 1.82) is 0 Å². The highest BCUT2D eigenvalue weighted by molar-refractivity contribution is 6.03. The predicted octanol–water partition coefficient (Wildman–Crippen LogP) is 2.75. The van der Waals surface area contributed by atoms with Crippen molar-refractivity contribution in [1.82, 2.24) is 9.72 Å². The van der Waals surface area contributed by atoms with Crippen LogP contribution in [0.3, 0.4) is 0 Å². The second kappa shape index (κ2) is 6.67. The number of carbonyl (C=O) groups is 1. The Morgan fingerprint density at radius 1 is 1.32 bits per heavy atom. The van der Waals surface area contributed by atoms with Crippen molar-refractivity contribution in [2.75, 3.05) is 5.32 Å². The number of carbonyl (C=O) groups excluding carboxylic acids is 1. The average Bonchev–Trinajstić information content (AvgIpc) is 3.22. The molecule has 3 aromatic rings. The van der Waals surface area contributed by atoms with Gasteiger partial charge in [-0.3, -0.25) is 9.59 Å². The minimum atomic E-state index is -2.85. The molecule has 25 heavy (non-hydrogen) atoms. The van der Waals surface area contributed by atoms with Crippen LogP contribution in [0.15, 0.2) is 50.5 Å². The van der Waals surface area contributed by atoms with E-state index >= 15 is 0 Å². The molecule has 0 spiro atoms. The fourth-order valence-electron chi connectivity index (χ4n) is 2.06. The summed E-state index contributed by atoms with van der Waals surface area (Å²) < 4.78 is 48.9. The Morgan fingerprint density at radius 2 is 2.12 bits per heavy atom. The SMILES string of the molecule is O=C(Nc1cc(F)c(=O)n(CC(F)F)c1)c1cc(-c2ccco2)on1. The fraction of sp³-hybridized carbons (Fsp3) is 0.133. The quantitative estimate of drug-likeness (QED) is 0.762. The fourth-order valence-corrected chi connectivity index (χ4v) is 2.06. The van der Waals surface area contributed by atoms with Gasteiger partial charge in [0.05, 0.1) is 18.5 Å². The molecule has 0 bridgehead atoms.